The number of alkyl halides is 7. The Kier molecular flexibility index (Phi) is 10.6. The van der Waals surface area contributed by atoms with Gasteiger partial charge in [-0.25, -0.2) is 8.78 Å². The van der Waals surface area contributed by atoms with Crippen molar-refractivity contribution in [1.82, 2.24) is 10.3 Å². The summed E-state index contributed by atoms with van der Waals surface area (Å²) in [5, 5.41) is 3.13. The predicted molar refractivity (Wildman–Crippen MR) is 136 cm³/mol. The van der Waals surface area contributed by atoms with Crippen molar-refractivity contribution in [3.63, 3.8) is 0 Å². The number of carbonyl (C=O) groups excluding carboxylic acids is 1. The summed E-state index contributed by atoms with van der Waals surface area (Å²) in [5.74, 6) is -0.310. The van der Waals surface area contributed by atoms with Gasteiger partial charge in [0.15, 0.2) is 0 Å². The molecule has 0 spiro atoms. The standard InChI is InChI=1S/C19H21FN2O2S.C9H5F7/c20-15-1-5-17(6-2-15)25(24)18-7-3-16(4-8-18)22-19(23)13-14-9-11-21-12-10-14;10-7(8(11,12)13,9(14,15)16)6-4-2-1-3-5-6/h1-2,5-6,9-12,16,18H,3-4,7-8,13H2,(H,22,23);1-5H. The Morgan fingerprint density at radius 1 is 0.805 bits per heavy atom. The molecule has 0 aliphatic heterocycles. The van der Waals surface area contributed by atoms with E-state index in [-0.39, 0.29) is 23.0 Å². The molecule has 1 heterocycles. The van der Waals surface area contributed by atoms with Crippen molar-refractivity contribution < 1.29 is 44.1 Å². The van der Waals surface area contributed by atoms with Gasteiger partial charge in [-0.3, -0.25) is 14.0 Å². The first-order chi connectivity index (χ1) is 19.2. The van der Waals surface area contributed by atoms with Gasteiger partial charge >= 0.3 is 18.0 Å². The quantitative estimate of drug-likeness (QED) is 0.308. The molecule has 13 heteroatoms. The number of nitrogens with zero attached hydrogens (tertiary/aromatic N) is 1. The molecule has 1 fully saturated rings. The molecule has 4 rings (SSSR count). The van der Waals surface area contributed by atoms with Crippen LogP contribution in [0.5, 0.6) is 0 Å². The third kappa shape index (κ3) is 8.34. The molecule has 1 aliphatic rings. The molecule has 0 bridgehead atoms. The van der Waals surface area contributed by atoms with Gasteiger partial charge in [0.1, 0.15) is 5.82 Å². The Bertz CT molecular complexity index is 1260. The molecule has 2 aromatic carbocycles. The molecule has 1 N–H and O–H groups in total. The monoisotopic (exact) mass is 606 g/mol. The fourth-order valence-electron chi connectivity index (χ4n) is 4.30. The van der Waals surface area contributed by atoms with Crippen LogP contribution in [0.25, 0.3) is 0 Å². The predicted octanol–water partition coefficient (Wildman–Crippen LogP) is 6.97. The number of pyridine rings is 1. The van der Waals surface area contributed by atoms with E-state index in [2.05, 4.69) is 10.3 Å². The molecule has 1 aliphatic carbocycles. The van der Waals surface area contributed by atoms with Gasteiger partial charge in [-0.1, -0.05) is 30.3 Å². The van der Waals surface area contributed by atoms with Crippen LogP contribution in [0, 0.1) is 5.82 Å². The zero-order chi connectivity index (χ0) is 30.3. The van der Waals surface area contributed by atoms with Crippen molar-refractivity contribution in [3.05, 3.63) is 96.1 Å². The highest BCUT2D eigenvalue weighted by molar-refractivity contribution is 7.85. The van der Waals surface area contributed by atoms with Crippen molar-refractivity contribution in [3.8, 4) is 0 Å². The fraction of sp³-hybridized carbons (Fsp3) is 0.357. The molecule has 1 atom stereocenters. The number of aromatic nitrogens is 1. The summed E-state index contributed by atoms with van der Waals surface area (Å²) in [6.07, 6.45) is -5.16. The maximum Gasteiger partial charge on any atom is 0.435 e. The Labute approximate surface area is 233 Å². The number of hydrogen-bond acceptors (Lipinski definition) is 3. The molecule has 41 heavy (non-hydrogen) atoms. The third-order valence-corrected chi connectivity index (χ3v) is 8.27. The topological polar surface area (TPSA) is 59.1 Å². The SMILES string of the molecule is FC(F)(F)C(F)(c1ccccc1)C(F)(F)F.O=C(Cc1ccncc1)NC1CCC(S(=O)c2ccc(F)cc2)CC1. The summed E-state index contributed by atoms with van der Waals surface area (Å²) < 4.78 is 112. The number of carbonyl (C=O) groups is 1. The van der Waals surface area contributed by atoms with E-state index >= 15 is 0 Å². The van der Waals surface area contributed by atoms with Gasteiger partial charge in [0, 0.05) is 34.1 Å². The number of benzene rings is 2. The van der Waals surface area contributed by atoms with E-state index in [0.29, 0.717) is 23.4 Å². The highest BCUT2D eigenvalue weighted by Crippen LogP contribution is 2.53. The van der Waals surface area contributed by atoms with Crippen LogP contribution in [0.2, 0.25) is 0 Å². The summed E-state index contributed by atoms with van der Waals surface area (Å²) >= 11 is 0. The van der Waals surface area contributed by atoms with Gasteiger partial charge in [0.2, 0.25) is 5.91 Å². The van der Waals surface area contributed by atoms with Crippen molar-refractivity contribution in [2.45, 2.75) is 66.3 Å². The van der Waals surface area contributed by atoms with Gasteiger partial charge < -0.3 is 5.32 Å². The third-order valence-electron chi connectivity index (χ3n) is 6.45. The number of amides is 1. The molecule has 1 amide bonds. The lowest BCUT2D eigenvalue weighted by Crippen LogP contribution is -2.50. The summed E-state index contributed by atoms with van der Waals surface area (Å²) in [7, 11) is -1.12. The van der Waals surface area contributed by atoms with Gasteiger partial charge in [0.25, 0.3) is 0 Å². The molecular formula is C28H26F8N2O2S. The fourth-order valence-corrected chi connectivity index (χ4v) is 5.79. The van der Waals surface area contributed by atoms with Crippen LogP contribution in [-0.2, 0) is 27.7 Å². The van der Waals surface area contributed by atoms with E-state index in [9.17, 15) is 44.1 Å². The van der Waals surface area contributed by atoms with Crippen molar-refractivity contribution in [2.75, 3.05) is 0 Å². The second-order valence-corrected chi connectivity index (χ2v) is 11.1. The summed E-state index contributed by atoms with van der Waals surface area (Å²) in [5.41, 5.74) is -5.87. The van der Waals surface area contributed by atoms with Gasteiger partial charge in [-0.2, -0.15) is 26.3 Å². The highest BCUT2D eigenvalue weighted by Gasteiger charge is 2.73. The van der Waals surface area contributed by atoms with Gasteiger partial charge in [0.05, 0.1) is 17.2 Å². The minimum absolute atomic E-state index is 0.00862. The Balaban J connectivity index is 0.000000250. The largest absolute Gasteiger partial charge is 0.435 e. The van der Waals surface area contributed by atoms with Crippen LogP contribution >= 0.6 is 0 Å². The van der Waals surface area contributed by atoms with Crippen molar-refractivity contribution in [2.24, 2.45) is 0 Å². The molecule has 0 radical (unpaired) electrons. The highest BCUT2D eigenvalue weighted by atomic mass is 32.2. The van der Waals surface area contributed by atoms with Crippen molar-refractivity contribution in [1.29, 1.82) is 0 Å². The Morgan fingerprint density at radius 3 is 1.85 bits per heavy atom. The minimum atomic E-state index is -6.05. The van der Waals surface area contributed by atoms with Crippen molar-refractivity contribution >= 4 is 16.7 Å². The number of nitrogens with one attached hydrogen (secondary N) is 1. The number of hydrogen-bond donors (Lipinski definition) is 1. The lowest BCUT2D eigenvalue weighted by Gasteiger charge is -2.30. The maximum atomic E-state index is 13.3. The summed E-state index contributed by atoms with van der Waals surface area (Å²) in [6.45, 7) is 0. The summed E-state index contributed by atoms with van der Waals surface area (Å²) in [6, 6.07) is 13.6. The number of rotatable bonds is 6. The van der Waals surface area contributed by atoms with Crippen LogP contribution in [0.1, 0.15) is 36.8 Å². The first kappa shape index (κ1) is 32.2. The molecule has 4 nitrogen and oxygen atoms in total. The molecule has 1 unspecified atom stereocenters. The summed E-state index contributed by atoms with van der Waals surface area (Å²) in [4.78, 5) is 16.7. The lowest BCUT2D eigenvalue weighted by molar-refractivity contribution is -0.348. The van der Waals surface area contributed by atoms with E-state index < -0.39 is 34.4 Å². The van der Waals surface area contributed by atoms with Crippen LogP contribution in [0.4, 0.5) is 35.1 Å². The second kappa shape index (κ2) is 13.5. The van der Waals surface area contributed by atoms with Crippen LogP contribution in [-0.4, -0.2) is 38.7 Å². The molecule has 1 aromatic heterocycles. The van der Waals surface area contributed by atoms with Crippen LogP contribution < -0.4 is 5.32 Å². The molecule has 222 valence electrons. The first-order valence-corrected chi connectivity index (χ1v) is 13.7. The zero-order valence-corrected chi connectivity index (χ0v) is 22.2. The maximum absolute atomic E-state index is 13.3. The van der Waals surface area contributed by atoms with E-state index in [1.807, 2.05) is 12.1 Å². The molecular weight excluding hydrogens is 580 g/mol. The molecule has 0 saturated heterocycles. The molecule has 3 aromatic rings. The van der Waals surface area contributed by atoms with Gasteiger partial charge in [-0.15, -0.1) is 0 Å². The first-order valence-electron chi connectivity index (χ1n) is 12.4. The minimum Gasteiger partial charge on any atom is -0.353 e. The normalized spacial score (nSPS) is 18.5. The Morgan fingerprint density at radius 2 is 1.34 bits per heavy atom. The number of halogens is 8. The van der Waals surface area contributed by atoms with E-state index in [4.69, 9.17) is 0 Å². The second-order valence-electron chi connectivity index (χ2n) is 9.34. The zero-order valence-electron chi connectivity index (χ0n) is 21.4. The van der Waals surface area contributed by atoms with Crippen LogP contribution in [0.3, 0.4) is 0 Å². The smallest absolute Gasteiger partial charge is 0.353 e. The Hall–Kier alpha value is -3.35. The van der Waals surface area contributed by atoms with E-state index in [1.54, 1.807) is 24.5 Å². The van der Waals surface area contributed by atoms with Crippen LogP contribution in [0.15, 0.2) is 84.0 Å². The van der Waals surface area contributed by atoms with E-state index in [1.165, 1.54) is 18.2 Å². The van der Waals surface area contributed by atoms with Gasteiger partial charge in [-0.05, 0) is 67.6 Å². The average molecular weight is 607 g/mol. The average Bonchev–Trinajstić information content (AvgIpc) is 2.93. The lowest BCUT2D eigenvalue weighted by atomic mass is 9.94. The van der Waals surface area contributed by atoms with E-state index in [0.717, 1.165) is 43.4 Å². The molecule has 1 saturated carbocycles.